The van der Waals surface area contributed by atoms with Gasteiger partial charge in [0.25, 0.3) is 0 Å². The number of hydrogen-bond donors (Lipinski definition) is 0. The van der Waals surface area contributed by atoms with Crippen molar-refractivity contribution in [1.29, 1.82) is 0 Å². The maximum atomic E-state index is 12.1. The minimum Gasteiger partial charge on any atom is -0.466 e. The molecule has 0 amide bonds. The highest BCUT2D eigenvalue weighted by molar-refractivity contribution is 5.72. The van der Waals surface area contributed by atoms with E-state index < -0.39 is 0 Å². The molecular formula is C73H128O21. The molecule has 546 valence electrons. The van der Waals surface area contributed by atoms with Gasteiger partial charge in [-0.25, -0.2) is 0 Å². The van der Waals surface area contributed by atoms with Crippen LogP contribution in [0.15, 0.2) is 0 Å². The summed E-state index contributed by atoms with van der Waals surface area (Å²) < 4.78 is 58.0. The van der Waals surface area contributed by atoms with Gasteiger partial charge in [-0.15, -0.1) is 0 Å². The number of methoxy groups -OCH3 is 1. The van der Waals surface area contributed by atoms with Crippen LogP contribution in [0.2, 0.25) is 0 Å². The number of ether oxygens (including phenoxy) is 11. The fourth-order valence-corrected chi connectivity index (χ4v) is 9.80. The summed E-state index contributed by atoms with van der Waals surface area (Å²) in [5.41, 5.74) is 0. The van der Waals surface area contributed by atoms with Gasteiger partial charge in [0, 0.05) is 77.9 Å². The summed E-state index contributed by atoms with van der Waals surface area (Å²) in [4.78, 5) is 120. The van der Waals surface area contributed by atoms with Gasteiger partial charge in [0.15, 0.2) is 0 Å². The first-order chi connectivity index (χ1) is 45.9. The normalized spacial score (nSPS) is 11.0. The molecule has 21 heteroatoms. The van der Waals surface area contributed by atoms with E-state index in [4.69, 9.17) is 52.1 Å². The van der Waals surface area contributed by atoms with Gasteiger partial charge in [-0.3, -0.25) is 47.9 Å². The molecule has 0 saturated carbocycles. The topological polar surface area (TPSA) is 272 Å². The van der Waals surface area contributed by atoms with Crippen LogP contribution in [0, 0.1) is 0 Å². The van der Waals surface area contributed by atoms with Crippen LogP contribution in [-0.2, 0) is 100 Å². The summed E-state index contributed by atoms with van der Waals surface area (Å²) in [5.74, 6) is -2.44. The zero-order valence-corrected chi connectivity index (χ0v) is 58.7. The Kier molecular flexibility index (Phi) is 66.5. The molecule has 0 N–H and O–H groups in total. The van der Waals surface area contributed by atoms with Crippen molar-refractivity contribution in [1.82, 2.24) is 0 Å². The molecule has 0 fully saturated rings. The van der Waals surface area contributed by atoms with E-state index in [-0.39, 0.29) is 105 Å². The Bertz CT molecular complexity index is 1890. The second kappa shape index (κ2) is 70.5. The van der Waals surface area contributed by atoms with E-state index in [1.165, 1.54) is 51.4 Å². The molecule has 0 aliphatic carbocycles. The molecular weight excluding hydrogens is 1210 g/mol. The van der Waals surface area contributed by atoms with Gasteiger partial charge < -0.3 is 52.1 Å². The van der Waals surface area contributed by atoms with E-state index in [1.54, 1.807) is 7.11 Å². The van der Waals surface area contributed by atoms with Crippen LogP contribution >= 0.6 is 0 Å². The predicted molar refractivity (Wildman–Crippen MR) is 358 cm³/mol. The predicted octanol–water partition coefficient (Wildman–Crippen LogP) is 15.6. The number of unbranched alkanes of at least 4 members (excludes halogenated alkanes) is 29. The quantitative estimate of drug-likeness (QED) is 0.0311. The van der Waals surface area contributed by atoms with E-state index in [9.17, 15) is 47.9 Å². The van der Waals surface area contributed by atoms with Crippen LogP contribution < -0.4 is 0 Å². The monoisotopic (exact) mass is 1340 g/mol. The SMILES string of the molecule is CCCCCCCCCCCCOC(=O)CCCCCOC(=O)CCCCCOC(=O)CCCCCOC(=O)CCCCCOC(=O)CCCCCOC(=O)CCCCCOC(=O)CCCCCOC(=O)CCCCCOC(=O)CCCCCOC(=O)CCCCCOC. The molecule has 0 radical (unpaired) electrons. The molecule has 0 spiro atoms. The van der Waals surface area contributed by atoms with E-state index in [1.807, 2.05) is 0 Å². The zero-order chi connectivity index (χ0) is 68.7. The summed E-state index contributed by atoms with van der Waals surface area (Å²) in [6, 6.07) is 0. The molecule has 0 aliphatic heterocycles. The van der Waals surface area contributed by atoms with Crippen LogP contribution in [0.5, 0.6) is 0 Å². The summed E-state index contributed by atoms with van der Waals surface area (Å²) >= 11 is 0. The van der Waals surface area contributed by atoms with Crippen LogP contribution in [0.1, 0.15) is 328 Å². The Morgan fingerprint density at radius 1 is 0.160 bits per heavy atom. The smallest absolute Gasteiger partial charge is 0.305 e. The standard InChI is InChI=1S/C73H128O21/c1-3-4-5-6-7-8-9-10-11-33-54-85-65(75)44-23-13-35-56-87-67(77)46-25-15-37-58-89-69(79)48-27-17-39-60-91-71(81)50-29-19-41-62-93-73(83)52-31-21-42-63-94-72(82)51-30-20-40-61-92-70(80)49-28-18-38-59-90-68(78)47-26-16-36-57-88-66(76)45-24-14-34-55-86-64(74)43-22-12-32-53-84-2/h3-63H2,1-2H3. The van der Waals surface area contributed by atoms with Gasteiger partial charge in [-0.05, 0) is 193 Å². The third kappa shape index (κ3) is 69.5. The van der Waals surface area contributed by atoms with Crippen LogP contribution in [0.25, 0.3) is 0 Å². The lowest BCUT2D eigenvalue weighted by Gasteiger charge is -2.07. The van der Waals surface area contributed by atoms with Gasteiger partial charge in [-0.1, -0.05) is 71.1 Å². The minimum absolute atomic E-state index is 0.150. The van der Waals surface area contributed by atoms with Gasteiger partial charge in [0.2, 0.25) is 0 Å². The Balaban J connectivity index is 3.50. The van der Waals surface area contributed by atoms with Crippen LogP contribution in [-0.4, -0.2) is 139 Å². The number of esters is 10. The lowest BCUT2D eigenvalue weighted by Crippen LogP contribution is -2.09. The molecule has 0 aromatic heterocycles. The number of carbonyl (C=O) groups is 10. The largest absolute Gasteiger partial charge is 0.466 e. The first-order valence-corrected chi connectivity index (χ1v) is 36.9. The minimum atomic E-state index is -0.277. The average molecular weight is 1340 g/mol. The molecule has 94 heavy (non-hydrogen) atoms. The lowest BCUT2D eigenvalue weighted by molar-refractivity contribution is -0.146. The van der Waals surface area contributed by atoms with Gasteiger partial charge in [-0.2, -0.15) is 0 Å². The zero-order valence-electron chi connectivity index (χ0n) is 58.7. The number of rotatable bonds is 71. The first-order valence-electron chi connectivity index (χ1n) is 36.9. The second-order valence-electron chi connectivity index (χ2n) is 24.5. The summed E-state index contributed by atoms with van der Waals surface area (Å²) in [7, 11) is 1.66. The van der Waals surface area contributed by atoms with E-state index in [2.05, 4.69) is 6.92 Å². The van der Waals surface area contributed by atoms with Crippen molar-refractivity contribution in [3.05, 3.63) is 0 Å². The molecule has 0 atom stereocenters. The Labute approximate surface area is 565 Å². The van der Waals surface area contributed by atoms with Gasteiger partial charge in [0.05, 0.1) is 66.1 Å². The fraction of sp³-hybridized carbons (Fsp3) is 0.863. The highest BCUT2D eigenvalue weighted by Gasteiger charge is 2.12. The lowest BCUT2D eigenvalue weighted by atomic mass is 10.1. The van der Waals surface area contributed by atoms with E-state index in [0.717, 1.165) is 96.3 Å². The Morgan fingerprint density at radius 3 is 0.415 bits per heavy atom. The van der Waals surface area contributed by atoms with E-state index >= 15 is 0 Å². The van der Waals surface area contributed by atoms with Crippen LogP contribution in [0.3, 0.4) is 0 Å². The van der Waals surface area contributed by atoms with Gasteiger partial charge in [0.1, 0.15) is 0 Å². The van der Waals surface area contributed by atoms with E-state index in [0.29, 0.717) is 201 Å². The fourth-order valence-electron chi connectivity index (χ4n) is 9.80. The summed E-state index contributed by atoms with van der Waals surface area (Å²) in [6.07, 6.45) is 36.9. The molecule has 21 nitrogen and oxygen atoms in total. The van der Waals surface area contributed by atoms with Crippen molar-refractivity contribution in [3.8, 4) is 0 Å². The maximum Gasteiger partial charge on any atom is 0.305 e. The molecule has 0 aromatic rings. The van der Waals surface area contributed by atoms with Crippen molar-refractivity contribution < 1.29 is 100 Å². The van der Waals surface area contributed by atoms with Crippen molar-refractivity contribution >= 4 is 59.7 Å². The molecule has 0 heterocycles. The molecule has 0 saturated heterocycles. The molecule has 0 unspecified atom stereocenters. The van der Waals surface area contributed by atoms with Gasteiger partial charge >= 0.3 is 59.7 Å². The maximum absolute atomic E-state index is 12.1. The first kappa shape index (κ1) is 88.7. The number of carbonyl (C=O) groups excluding carboxylic acids is 10. The molecule has 0 bridgehead atoms. The van der Waals surface area contributed by atoms with Crippen molar-refractivity contribution in [3.63, 3.8) is 0 Å². The average Bonchev–Trinajstić information content (AvgIpc) is 3.64. The molecule has 0 aliphatic rings. The van der Waals surface area contributed by atoms with Crippen LogP contribution in [0.4, 0.5) is 0 Å². The molecule has 0 aromatic carbocycles. The Morgan fingerprint density at radius 2 is 0.277 bits per heavy atom. The van der Waals surface area contributed by atoms with Crippen molar-refractivity contribution in [2.45, 2.75) is 328 Å². The highest BCUT2D eigenvalue weighted by Crippen LogP contribution is 2.14. The number of hydrogen-bond acceptors (Lipinski definition) is 21. The molecule has 0 rings (SSSR count). The van der Waals surface area contributed by atoms with Crippen molar-refractivity contribution in [2.75, 3.05) is 79.8 Å². The Hall–Kier alpha value is -5.34. The summed E-state index contributed by atoms with van der Waals surface area (Å²) in [5, 5.41) is 0. The summed E-state index contributed by atoms with van der Waals surface area (Å²) in [6.45, 7) is 6.24. The third-order valence-electron chi connectivity index (χ3n) is 15.6. The van der Waals surface area contributed by atoms with Crippen molar-refractivity contribution in [2.24, 2.45) is 0 Å². The highest BCUT2D eigenvalue weighted by atomic mass is 16.6. The third-order valence-corrected chi connectivity index (χ3v) is 15.6. The second-order valence-corrected chi connectivity index (χ2v) is 24.5.